The van der Waals surface area contributed by atoms with Crippen LogP contribution in [0.5, 0.6) is 0 Å². The van der Waals surface area contributed by atoms with Gasteiger partial charge in [0, 0.05) is 11.3 Å². The molecule has 8 fully saturated rings. The third kappa shape index (κ3) is 7.98. The highest BCUT2D eigenvalue weighted by atomic mass is 16.8. The van der Waals surface area contributed by atoms with E-state index in [9.17, 15) is 55.9 Å². The van der Waals surface area contributed by atoms with Gasteiger partial charge in [0.2, 0.25) is 6.29 Å². The lowest BCUT2D eigenvalue weighted by molar-refractivity contribution is -0.361. The molecule has 67 heavy (non-hydrogen) atoms. The minimum Gasteiger partial charge on any atom is -0.462 e. The van der Waals surface area contributed by atoms with Crippen molar-refractivity contribution in [3.05, 3.63) is 24.3 Å². The molecule has 380 valence electrons. The number of aliphatic hydroxyl groups excluding tert-OH is 10. The first-order chi connectivity index (χ1) is 31.4. The minimum absolute atomic E-state index is 0.0263. The van der Waals surface area contributed by atoms with Crippen LogP contribution in [0.4, 0.5) is 0 Å². The first-order valence-electron chi connectivity index (χ1n) is 24.1. The SMILES string of the molecule is C=C(C)[C@@H]1CC[C@@]2(C(=O)O[C@@H]3O[C@H](CO[C@@H]4O[C@H](CO)[C@@H](O[C@H]5O[C@@H](C)[C@@H](O)[C@H](O)[C@H]5O)[C@H](O)[C@H]4O)[C@@H](O)[C@H](O)[C@H]3O)CC[C@]3(C)[C@H](C[C@H]4OC(=O)C[C@H](O)[C@]5(C)[C@@H]4[C@]3(C)CC[C@H]5C(=C)C)[C@@H]12. The predicted octanol–water partition coefficient (Wildman–Crippen LogP) is -0.294. The maximum absolute atomic E-state index is 15.0. The molecule has 4 saturated carbocycles. The monoisotopic (exact) mass is 954 g/mol. The van der Waals surface area contributed by atoms with E-state index in [-0.39, 0.29) is 41.4 Å². The van der Waals surface area contributed by atoms with Gasteiger partial charge < -0.3 is 84.2 Å². The van der Waals surface area contributed by atoms with Gasteiger partial charge in [-0.3, -0.25) is 9.59 Å². The van der Waals surface area contributed by atoms with Crippen LogP contribution in [-0.4, -0.2) is 181 Å². The van der Waals surface area contributed by atoms with Gasteiger partial charge >= 0.3 is 11.9 Å². The molecule has 26 atom stereocenters. The van der Waals surface area contributed by atoms with Crippen LogP contribution >= 0.6 is 0 Å². The molecule has 0 unspecified atom stereocenters. The summed E-state index contributed by atoms with van der Waals surface area (Å²) in [6.45, 7) is 19.3. The first kappa shape index (κ1) is 51.2. The lowest BCUT2D eigenvalue weighted by atomic mass is 9.33. The van der Waals surface area contributed by atoms with E-state index in [1.807, 2.05) is 13.8 Å². The van der Waals surface area contributed by atoms with Gasteiger partial charge in [-0.2, -0.15) is 0 Å². The highest BCUT2D eigenvalue weighted by Crippen LogP contribution is 2.77. The Morgan fingerprint density at radius 3 is 2.03 bits per heavy atom. The quantitative estimate of drug-likeness (QED) is 0.0994. The number of allylic oxidation sites excluding steroid dienone is 2. The number of hydrogen-bond donors (Lipinski definition) is 10. The molecular formula is C48H74O19. The zero-order valence-electron chi connectivity index (χ0n) is 39.3. The lowest BCUT2D eigenvalue weighted by Gasteiger charge is -2.71. The van der Waals surface area contributed by atoms with Crippen LogP contribution in [-0.2, 0) is 42.7 Å². The van der Waals surface area contributed by atoms with E-state index in [4.69, 9.17) is 33.2 Å². The van der Waals surface area contributed by atoms with E-state index < -0.39 is 146 Å². The van der Waals surface area contributed by atoms with Crippen LogP contribution in [0.3, 0.4) is 0 Å². The van der Waals surface area contributed by atoms with Crippen LogP contribution in [0.25, 0.3) is 0 Å². The average molecular weight is 955 g/mol. The Labute approximate surface area is 391 Å². The minimum atomic E-state index is -1.89. The van der Waals surface area contributed by atoms with Crippen molar-refractivity contribution in [1.29, 1.82) is 0 Å². The van der Waals surface area contributed by atoms with Crippen molar-refractivity contribution in [2.45, 2.75) is 197 Å². The van der Waals surface area contributed by atoms with Gasteiger partial charge in [-0.25, -0.2) is 0 Å². The molecule has 0 aromatic carbocycles. The normalized spacial score (nSPS) is 54.1. The second-order valence-electron chi connectivity index (χ2n) is 22.1. The van der Waals surface area contributed by atoms with Gasteiger partial charge in [-0.15, -0.1) is 0 Å². The van der Waals surface area contributed by atoms with Crippen LogP contribution < -0.4 is 0 Å². The summed E-state index contributed by atoms with van der Waals surface area (Å²) in [4.78, 5) is 28.5. The molecule has 0 amide bonds. The fourth-order valence-electron chi connectivity index (χ4n) is 15.0. The standard InChI is InChI=1S/C48H74O19/c1-19(2)22-9-12-48(14-13-45(6)24(30(22)48)15-25-40-46(45,7)11-10-23(20(3)4)47(40,8)28(50)16-29(51)63-25)44(60)67-43-37(58)34(55)32(53)27(65-43)18-61-41-38(59)35(56)39(26(17-49)64-41)66-42-36(57)33(54)31(52)21(5)62-42/h21-28,30-43,49-50,52-59H,1,3,9-18H2,2,4-8H3/t21-,22-,23-,24+,25+,26+,27+,28-,30+,31+,32+,33-,34-,35+,36+,37+,38+,39+,40-,41+,42+,43-,45+,46-,47+,48+/m0/s1. The number of carbonyl (C=O) groups excluding carboxylic acids is 2. The van der Waals surface area contributed by atoms with Gasteiger partial charge in [0.25, 0.3) is 0 Å². The summed E-state index contributed by atoms with van der Waals surface area (Å²) in [6, 6.07) is 0. The van der Waals surface area contributed by atoms with E-state index in [1.54, 1.807) is 0 Å². The fourth-order valence-corrected chi connectivity index (χ4v) is 15.0. The molecule has 4 heterocycles. The largest absolute Gasteiger partial charge is 0.462 e. The van der Waals surface area contributed by atoms with Crippen LogP contribution in [0, 0.1) is 51.2 Å². The van der Waals surface area contributed by atoms with E-state index in [0.29, 0.717) is 32.1 Å². The predicted molar refractivity (Wildman–Crippen MR) is 230 cm³/mol. The van der Waals surface area contributed by atoms with Crippen molar-refractivity contribution in [3.63, 3.8) is 0 Å². The topological polar surface area (TPSA) is 301 Å². The maximum Gasteiger partial charge on any atom is 0.314 e. The van der Waals surface area contributed by atoms with Crippen molar-refractivity contribution in [2.75, 3.05) is 13.2 Å². The second kappa shape index (κ2) is 18.5. The van der Waals surface area contributed by atoms with Crippen LogP contribution in [0.1, 0.15) is 92.9 Å². The zero-order valence-corrected chi connectivity index (χ0v) is 39.3. The third-order valence-corrected chi connectivity index (χ3v) is 18.8. The van der Waals surface area contributed by atoms with Crippen molar-refractivity contribution in [3.8, 4) is 0 Å². The summed E-state index contributed by atoms with van der Waals surface area (Å²) in [6.07, 6.45) is -22.1. The zero-order chi connectivity index (χ0) is 49.0. The number of carbonyl (C=O) groups is 2. The third-order valence-electron chi connectivity index (χ3n) is 18.8. The van der Waals surface area contributed by atoms with Gasteiger partial charge in [0.1, 0.15) is 73.2 Å². The number of fused-ring (bicyclic) bond motifs is 4. The molecule has 0 aromatic rings. The Balaban J connectivity index is 0.998. The lowest BCUT2D eigenvalue weighted by Crippen LogP contribution is -2.69. The molecule has 4 aliphatic carbocycles. The molecule has 8 rings (SSSR count). The van der Waals surface area contributed by atoms with E-state index in [1.165, 1.54) is 6.92 Å². The molecule has 0 bridgehead atoms. The van der Waals surface area contributed by atoms with Crippen molar-refractivity contribution < 1.29 is 93.8 Å². The molecule has 19 nitrogen and oxygen atoms in total. The Kier molecular flexibility index (Phi) is 14.1. The molecular weight excluding hydrogens is 881 g/mol. The summed E-state index contributed by atoms with van der Waals surface area (Å²) in [7, 11) is 0. The van der Waals surface area contributed by atoms with Gasteiger partial charge in [-0.1, -0.05) is 45.1 Å². The molecule has 10 N–H and O–H groups in total. The Morgan fingerprint density at radius 1 is 0.731 bits per heavy atom. The number of rotatable bonds is 10. The maximum atomic E-state index is 15.0. The highest BCUT2D eigenvalue weighted by Gasteiger charge is 2.75. The molecule has 19 heteroatoms. The smallest absolute Gasteiger partial charge is 0.314 e. The van der Waals surface area contributed by atoms with E-state index in [0.717, 1.165) is 24.0 Å². The van der Waals surface area contributed by atoms with Crippen molar-refractivity contribution >= 4 is 11.9 Å². The molecule has 4 saturated heterocycles. The van der Waals surface area contributed by atoms with Gasteiger partial charge in [-0.05, 0) is 100 Å². The summed E-state index contributed by atoms with van der Waals surface area (Å²) in [5, 5.41) is 108. The Hall–Kier alpha value is -2.18. The average Bonchev–Trinajstić information content (AvgIpc) is 3.64. The summed E-state index contributed by atoms with van der Waals surface area (Å²) >= 11 is 0. The van der Waals surface area contributed by atoms with E-state index in [2.05, 4.69) is 33.9 Å². The van der Waals surface area contributed by atoms with Gasteiger partial charge in [0.05, 0.1) is 37.3 Å². The summed E-state index contributed by atoms with van der Waals surface area (Å²) in [5.74, 6) is -1.91. The second-order valence-corrected chi connectivity index (χ2v) is 22.1. The number of ether oxygens (including phenoxy) is 7. The number of aliphatic hydroxyl groups is 10. The molecule has 8 aliphatic rings. The van der Waals surface area contributed by atoms with Crippen molar-refractivity contribution in [1.82, 2.24) is 0 Å². The first-order valence-corrected chi connectivity index (χ1v) is 24.1. The summed E-state index contributed by atoms with van der Waals surface area (Å²) < 4.78 is 41.0. The van der Waals surface area contributed by atoms with Crippen LogP contribution in [0.2, 0.25) is 0 Å². The molecule has 0 aromatic heterocycles. The molecule has 0 radical (unpaired) electrons. The van der Waals surface area contributed by atoms with E-state index >= 15 is 4.79 Å². The van der Waals surface area contributed by atoms with Crippen LogP contribution in [0.15, 0.2) is 24.3 Å². The molecule has 0 spiro atoms. The summed E-state index contributed by atoms with van der Waals surface area (Å²) in [5.41, 5.74) is -0.717. The van der Waals surface area contributed by atoms with Gasteiger partial charge in [0.15, 0.2) is 12.6 Å². The number of hydrogen-bond acceptors (Lipinski definition) is 19. The fraction of sp³-hybridized carbons (Fsp3) is 0.875. The Bertz CT molecular complexity index is 1880. The molecule has 4 aliphatic heterocycles. The number of esters is 2. The van der Waals surface area contributed by atoms with Crippen molar-refractivity contribution in [2.24, 2.45) is 51.2 Å². The Morgan fingerprint density at radius 2 is 1.37 bits per heavy atom. The highest BCUT2D eigenvalue weighted by molar-refractivity contribution is 5.78.